The molecule has 0 aliphatic carbocycles. The zero-order chi connectivity index (χ0) is 61.2. The number of amides is 2. The average molecular weight is 1230 g/mol. The summed E-state index contributed by atoms with van der Waals surface area (Å²) in [6.45, 7) is 35.1. The Kier molecular flexibility index (Phi) is 21.9. The summed E-state index contributed by atoms with van der Waals surface area (Å²) < 4.78 is 3.03. The highest BCUT2D eigenvalue weighted by Crippen LogP contribution is 2.38. The predicted molar refractivity (Wildman–Crippen MR) is 350 cm³/mol. The highest BCUT2D eigenvalue weighted by atomic mass is 35.5. The molecule has 10 rings (SSSR count). The van der Waals surface area contributed by atoms with Crippen LogP contribution in [0, 0.1) is 34.6 Å². The van der Waals surface area contributed by atoms with Crippen LogP contribution in [0.5, 0.6) is 0 Å². The van der Waals surface area contributed by atoms with Gasteiger partial charge in [-0.05, 0) is 145 Å². The molecule has 2 saturated heterocycles. The van der Waals surface area contributed by atoms with Crippen molar-refractivity contribution in [3.63, 3.8) is 0 Å². The molecule has 21 heteroatoms. The summed E-state index contributed by atoms with van der Waals surface area (Å²) >= 11 is 19.6. The van der Waals surface area contributed by atoms with Crippen LogP contribution in [0.4, 0.5) is 11.6 Å². The van der Waals surface area contributed by atoms with Crippen LogP contribution in [0.3, 0.4) is 0 Å². The van der Waals surface area contributed by atoms with Crippen molar-refractivity contribution < 1.29 is 9.59 Å². The lowest BCUT2D eigenvalue weighted by Gasteiger charge is -2.44. The van der Waals surface area contributed by atoms with Gasteiger partial charge in [-0.25, -0.2) is 28.7 Å². The molecule has 0 spiro atoms. The van der Waals surface area contributed by atoms with E-state index in [0.717, 1.165) is 33.8 Å². The van der Waals surface area contributed by atoms with E-state index < -0.39 is 11.4 Å². The highest BCUT2D eigenvalue weighted by Gasteiger charge is 2.36. The lowest BCUT2D eigenvalue weighted by Crippen LogP contribution is -2.58. The molecule has 0 saturated carbocycles. The van der Waals surface area contributed by atoms with Gasteiger partial charge in [0.05, 0.1) is 49.3 Å². The molecule has 0 aromatic carbocycles. The first-order chi connectivity index (χ1) is 39.9. The summed E-state index contributed by atoms with van der Waals surface area (Å²) in [5.41, 5.74) is 8.83. The van der Waals surface area contributed by atoms with E-state index in [9.17, 15) is 19.2 Å². The minimum atomic E-state index is -0.485. The van der Waals surface area contributed by atoms with Gasteiger partial charge >= 0.3 is 11.4 Å². The van der Waals surface area contributed by atoms with Crippen molar-refractivity contribution in [2.45, 2.75) is 141 Å². The van der Waals surface area contributed by atoms with E-state index in [2.05, 4.69) is 65.9 Å². The van der Waals surface area contributed by atoms with Crippen LogP contribution < -0.4 is 21.2 Å². The van der Waals surface area contributed by atoms with Gasteiger partial charge in [0.2, 0.25) is 11.8 Å². The molecule has 0 unspecified atom stereocenters. The number of anilines is 2. The van der Waals surface area contributed by atoms with Crippen LogP contribution in [0.1, 0.15) is 121 Å². The SMILES string of the molecule is C.C.C=CC(=O)N1C[C@H](C)N(c2nc(=O)n(-c3c(C)ccnc3C(C)C)c3nc(-c4ncccc4C)c(Cl)cc23)C[C@H]1C.C=CC(=O)N1C[C@H](C)N(c2nc(=O)n(-c3c(C)ccnc3C(C)C)c3nc(Cl)c(Cl)cc23)C[C@H]1C.Cc1cccnc1C. The fraction of sp³-hybridized carbons (Fsp3) is 0.385. The van der Waals surface area contributed by atoms with Gasteiger partial charge in [-0.2, -0.15) is 9.97 Å². The largest absolute Gasteiger partial charge is 0.355 e. The Morgan fingerprint density at radius 1 is 0.535 bits per heavy atom. The van der Waals surface area contributed by atoms with Crippen molar-refractivity contribution in [3.8, 4) is 22.8 Å². The fourth-order valence-electron chi connectivity index (χ4n) is 10.8. The van der Waals surface area contributed by atoms with Gasteiger partial charge in [0.25, 0.3) is 0 Å². The second-order valence-corrected chi connectivity index (χ2v) is 23.3. The number of hydrogen-bond acceptors (Lipinski definition) is 14. The number of pyridine rings is 6. The number of carbonyl (C=O) groups is 2. The first kappa shape index (κ1) is 67.2. The number of aromatic nitrogens is 10. The zero-order valence-electron chi connectivity index (χ0n) is 49.8. The van der Waals surface area contributed by atoms with E-state index in [1.54, 1.807) is 39.0 Å². The van der Waals surface area contributed by atoms with Crippen LogP contribution in [-0.2, 0) is 9.59 Å². The lowest BCUT2D eigenvalue weighted by atomic mass is 10.0. The molecule has 2 aliphatic rings. The number of halogens is 3. The quantitative estimate of drug-likeness (QED) is 0.0978. The Morgan fingerprint density at radius 3 is 1.37 bits per heavy atom. The molecular weight excluding hydrogens is 1150 g/mol. The molecule has 2 amide bonds. The van der Waals surface area contributed by atoms with Crippen molar-refractivity contribution >= 4 is 80.3 Å². The number of carbonyl (C=O) groups excluding carboxylic acids is 2. The Bertz CT molecular complexity index is 3960. The second-order valence-electron chi connectivity index (χ2n) is 22.1. The summed E-state index contributed by atoms with van der Waals surface area (Å²) in [5, 5.41) is 1.99. The summed E-state index contributed by atoms with van der Waals surface area (Å²) in [6.07, 6.45) is 9.65. The minimum absolute atomic E-state index is 0. The van der Waals surface area contributed by atoms with Gasteiger partial charge < -0.3 is 19.6 Å². The fourth-order valence-corrected chi connectivity index (χ4v) is 11.3. The smallest absolute Gasteiger partial charge is 0.349 e. The molecule has 8 aromatic heterocycles. The van der Waals surface area contributed by atoms with E-state index in [-0.39, 0.29) is 72.8 Å². The number of hydrogen-bond donors (Lipinski definition) is 0. The number of fused-ring (bicyclic) bond motifs is 2. The number of piperazine rings is 2. The van der Waals surface area contributed by atoms with Crippen LogP contribution in [0.2, 0.25) is 15.2 Å². The average Bonchev–Trinajstić information content (AvgIpc) is 0.797. The van der Waals surface area contributed by atoms with E-state index in [4.69, 9.17) is 39.8 Å². The summed E-state index contributed by atoms with van der Waals surface area (Å²) in [4.78, 5) is 96.7. The second kappa shape index (κ2) is 28.1. The van der Waals surface area contributed by atoms with Gasteiger partial charge in [0.1, 0.15) is 22.5 Å². The molecule has 4 atom stereocenters. The number of nitrogens with zero attached hydrogens (tertiary/aromatic N) is 14. The molecule has 0 N–H and O–H groups in total. The van der Waals surface area contributed by atoms with Crippen molar-refractivity contribution in [2.24, 2.45) is 0 Å². The maximum absolute atomic E-state index is 14.1. The van der Waals surface area contributed by atoms with Gasteiger partial charge in [-0.1, -0.05) is 103 Å². The van der Waals surface area contributed by atoms with Crippen molar-refractivity contribution in [1.82, 2.24) is 58.8 Å². The first-order valence-electron chi connectivity index (χ1n) is 27.9. The van der Waals surface area contributed by atoms with Crippen LogP contribution in [-0.4, -0.2) is 121 Å². The lowest BCUT2D eigenvalue weighted by molar-refractivity contribution is -0.129. The Labute approximate surface area is 519 Å². The molecular formula is C65H79Cl3N14O4. The topological polar surface area (TPSA) is 194 Å². The molecule has 0 radical (unpaired) electrons. The molecule has 2 fully saturated rings. The highest BCUT2D eigenvalue weighted by molar-refractivity contribution is 6.41. The molecule has 10 heterocycles. The molecule has 2 aliphatic heterocycles. The number of rotatable bonds is 9. The zero-order valence-corrected chi connectivity index (χ0v) is 52.1. The number of aryl methyl sites for hydroxylation is 5. The first-order valence-corrected chi connectivity index (χ1v) is 29.0. The summed E-state index contributed by atoms with van der Waals surface area (Å²) in [6, 6.07) is 14.6. The van der Waals surface area contributed by atoms with Crippen LogP contribution in [0.15, 0.2) is 108 Å². The molecule has 18 nitrogen and oxygen atoms in total. The van der Waals surface area contributed by atoms with Crippen molar-refractivity contribution in [2.75, 3.05) is 36.0 Å². The monoisotopic (exact) mass is 1220 g/mol. The Balaban J connectivity index is 0.000000240. The van der Waals surface area contributed by atoms with Gasteiger partial charge in [0.15, 0.2) is 11.3 Å². The van der Waals surface area contributed by atoms with E-state index in [1.807, 2.05) is 131 Å². The standard InChI is InChI=1S/C31H34ClN7O2.C25H28Cl2N6O2.C7H9N.2CH4/c1-8-24(40)37-15-21(7)38(16-20(37)6)29-22-14-23(32)27(26-18(4)10-9-12-33-26)35-30(22)39(31(41)36-29)28-19(5)11-13-34-25(28)17(2)3;1-7-19(34)31-11-16(6)32(12-15(31)5)23-17-10-18(26)22(27)29-24(17)33(25(35)30-23)21-14(4)8-9-28-20(21)13(2)3;1-6-4-3-5-8-7(6)2;;/h8-14,17,20-21H,1,15-16H2,2-7H3;7-10,13,15-16H,1,11-12H2,2-6H3;3-5H,1-2H3;2*1H4/t20-,21+;15-,16+;;;/m11.../s1. The molecule has 8 aromatic rings. The maximum atomic E-state index is 14.1. The third-order valence-electron chi connectivity index (χ3n) is 15.3. The van der Waals surface area contributed by atoms with Crippen molar-refractivity contribution in [1.29, 1.82) is 0 Å². The summed E-state index contributed by atoms with van der Waals surface area (Å²) in [5.74, 6) is 0.813. The minimum Gasteiger partial charge on any atom is -0.349 e. The summed E-state index contributed by atoms with van der Waals surface area (Å²) in [7, 11) is 0. The third-order valence-corrected chi connectivity index (χ3v) is 16.3. The van der Waals surface area contributed by atoms with Gasteiger partial charge in [0, 0.05) is 80.8 Å². The van der Waals surface area contributed by atoms with E-state index >= 15 is 0 Å². The van der Waals surface area contributed by atoms with Crippen LogP contribution in [0.25, 0.3) is 44.8 Å². The van der Waals surface area contributed by atoms with Crippen molar-refractivity contribution in [3.05, 3.63) is 174 Å². The molecule has 0 bridgehead atoms. The predicted octanol–water partition coefficient (Wildman–Crippen LogP) is 12.7. The Morgan fingerprint density at radius 2 is 0.965 bits per heavy atom. The Hall–Kier alpha value is -7.93. The third kappa shape index (κ3) is 13.5. The van der Waals surface area contributed by atoms with E-state index in [1.165, 1.54) is 22.3 Å². The van der Waals surface area contributed by atoms with Gasteiger partial charge in [-0.15, -0.1) is 0 Å². The van der Waals surface area contributed by atoms with Gasteiger partial charge in [-0.3, -0.25) is 29.5 Å². The maximum Gasteiger partial charge on any atom is 0.355 e. The normalized spacial score (nSPS) is 16.6. The molecule has 86 heavy (non-hydrogen) atoms. The van der Waals surface area contributed by atoms with E-state index in [0.29, 0.717) is 87.7 Å². The molecule has 454 valence electrons. The van der Waals surface area contributed by atoms with Crippen LogP contribution >= 0.6 is 34.8 Å².